The number of hydrogen-bond acceptors (Lipinski definition) is 7. The first-order valence-electron chi connectivity index (χ1n) is 10.5. The van der Waals surface area contributed by atoms with Crippen molar-refractivity contribution in [2.24, 2.45) is 0 Å². The van der Waals surface area contributed by atoms with Gasteiger partial charge in [0, 0.05) is 28.9 Å². The van der Waals surface area contributed by atoms with Gasteiger partial charge in [-0.1, -0.05) is 29.8 Å². The van der Waals surface area contributed by atoms with Crippen molar-refractivity contribution >= 4 is 22.2 Å². The van der Waals surface area contributed by atoms with E-state index in [0.717, 1.165) is 21.9 Å². The van der Waals surface area contributed by atoms with Crippen LogP contribution in [0, 0.1) is 6.92 Å². The van der Waals surface area contributed by atoms with E-state index in [1.165, 1.54) is 16.9 Å². The van der Waals surface area contributed by atoms with Crippen LogP contribution < -0.4 is 10.1 Å². The van der Waals surface area contributed by atoms with Gasteiger partial charge in [0.15, 0.2) is 10.7 Å². The second kappa shape index (κ2) is 9.25. The van der Waals surface area contributed by atoms with Crippen LogP contribution in [0.4, 0.5) is 0 Å². The van der Waals surface area contributed by atoms with Crippen molar-refractivity contribution in [1.82, 2.24) is 24.9 Å². The van der Waals surface area contributed by atoms with Gasteiger partial charge in [-0.05, 0) is 25.1 Å². The zero-order valence-corrected chi connectivity index (χ0v) is 18.7. The molecule has 0 unspecified atom stereocenters. The predicted molar refractivity (Wildman–Crippen MR) is 125 cm³/mol. The third-order valence-electron chi connectivity index (χ3n) is 5.06. The zero-order valence-electron chi connectivity index (χ0n) is 17.9. The van der Waals surface area contributed by atoms with E-state index in [1.807, 2.05) is 22.0 Å². The van der Waals surface area contributed by atoms with E-state index < -0.39 is 0 Å². The Morgan fingerprint density at radius 2 is 2.00 bits per heavy atom. The molecule has 0 spiro atoms. The van der Waals surface area contributed by atoms with Crippen molar-refractivity contribution in [2.75, 3.05) is 13.2 Å². The molecule has 4 heterocycles. The Bertz CT molecular complexity index is 1360. The third kappa shape index (κ3) is 4.78. The Hall–Kier alpha value is -3.98. The van der Waals surface area contributed by atoms with Crippen molar-refractivity contribution in [3.05, 3.63) is 77.6 Å². The highest BCUT2D eigenvalue weighted by atomic mass is 32.1. The van der Waals surface area contributed by atoms with Crippen LogP contribution >= 0.6 is 11.3 Å². The number of nitrogens with one attached hydrogen (secondary N) is 1. The van der Waals surface area contributed by atoms with Gasteiger partial charge in [0.2, 0.25) is 11.8 Å². The molecule has 5 rings (SSSR count). The lowest BCUT2D eigenvalue weighted by Gasteiger charge is -2.07. The Labute approximate surface area is 193 Å². The quantitative estimate of drug-likeness (QED) is 0.350. The predicted octanol–water partition coefficient (Wildman–Crippen LogP) is 4.16. The van der Waals surface area contributed by atoms with E-state index in [4.69, 9.17) is 9.15 Å². The molecule has 9 heteroatoms. The van der Waals surface area contributed by atoms with Gasteiger partial charge in [0.25, 0.3) is 0 Å². The first-order valence-corrected chi connectivity index (χ1v) is 11.3. The Balaban J connectivity index is 1.12. The monoisotopic (exact) mass is 459 g/mol. The van der Waals surface area contributed by atoms with E-state index in [2.05, 4.69) is 51.7 Å². The minimum absolute atomic E-state index is 0.0804. The highest BCUT2D eigenvalue weighted by Crippen LogP contribution is 2.24. The summed E-state index contributed by atoms with van der Waals surface area (Å²) in [5.41, 5.74) is 4.70. The van der Waals surface area contributed by atoms with Crippen molar-refractivity contribution in [1.29, 1.82) is 0 Å². The van der Waals surface area contributed by atoms with Gasteiger partial charge >= 0.3 is 0 Å². The Morgan fingerprint density at radius 1 is 1.12 bits per heavy atom. The number of rotatable bonds is 8. The summed E-state index contributed by atoms with van der Waals surface area (Å²) in [5.74, 6) is 0.956. The highest BCUT2D eigenvalue weighted by Gasteiger charge is 2.12. The molecule has 33 heavy (non-hydrogen) atoms. The zero-order chi connectivity index (χ0) is 22.6. The fourth-order valence-electron chi connectivity index (χ4n) is 3.35. The van der Waals surface area contributed by atoms with Crippen molar-refractivity contribution in [3.63, 3.8) is 0 Å². The number of aromatic nitrogens is 4. The Kier molecular flexibility index (Phi) is 5.86. The summed E-state index contributed by atoms with van der Waals surface area (Å²) in [7, 11) is 0. The van der Waals surface area contributed by atoms with Crippen LogP contribution in [0.2, 0.25) is 0 Å². The number of hydrogen-bond donors (Lipinski definition) is 1. The number of fused-ring (bicyclic) bond motifs is 1. The largest absolute Gasteiger partial charge is 0.475 e. The molecule has 0 saturated carbocycles. The number of ether oxygens (including phenoxy) is 1. The summed E-state index contributed by atoms with van der Waals surface area (Å²) in [6.07, 6.45) is 3.83. The molecule has 0 aliphatic heterocycles. The molecular formula is C24H21N5O3S. The van der Waals surface area contributed by atoms with E-state index in [-0.39, 0.29) is 12.3 Å². The number of furan rings is 1. The summed E-state index contributed by atoms with van der Waals surface area (Å²) < 4.78 is 12.8. The fraction of sp³-hybridized carbons (Fsp3) is 0.167. The van der Waals surface area contributed by atoms with Gasteiger partial charge in [-0.15, -0.1) is 21.5 Å². The number of carbonyl (C=O) groups excluding carboxylic acids is 1. The number of aryl methyl sites for hydroxylation is 1. The summed E-state index contributed by atoms with van der Waals surface area (Å²) in [6.45, 7) is 2.72. The van der Waals surface area contributed by atoms with E-state index >= 15 is 0 Å². The minimum atomic E-state index is -0.0804. The average molecular weight is 460 g/mol. The Morgan fingerprint density at radius 3 is 2.76 bits per heavy atom. The lowest BCUT2D eigenvalue weighted by atomic mass is 10.1. The maximum absolute atomic E-state index is 12.4. The van der Waals surface area contributed by atoms with Gasteiger partial charge in [-0.3, -0.25) is 9.20 Å². The second-order valence-corrected chi connectivity index (χ2v) is 8.32. The molecule has 0 bridgehead atoms. The normalized spacial score (nSPS) is 11.1. The van der Waals surface area contributed by atoms with Gasteiger partial charge < -0.3 is 14.5 Å². The SMILES string of the molecule is Cc1ccc(-c2cn3c(CC(=O)NCCOc4ccc(-c5ccco5)nn4)csc3n2)cc1. The van der Waals surface area contributed by atoms with E-state index in [1.54, 1.807) is 24.5 Å². The number of amides is 1. The van der Waals surface area contributed by atoms with E-state index in [0.29, 0.717) is 30.5 Å². The molecule has 4 aromatic heterocycles. The maximum Gasteiger partial charge on any atom is 0.233 e. The molecule has 166 valence electrons. The van der Waals surface area contributed by atoms with Gasteiger partial charge in [0.05, 0.1) is 24.9 Å². The van der Waals surface area contributed by atoms with Crippen LogP contribution in [0.3, 0.4) is 0 Å². The smallest absolute Gasteiger partial charge is 0.233 e. The summed E-state index contributed by atoms with van der Waals surface area (Å²) in [4.78, 5) is 18.0. The van der Waals surface area contributed by atoms with Gasteiger partial charge in [-0.2, -0.15) is 0 Å². The molecular weight excluding hydrogens is 438 g/mol. The highest BCUT2D eigenvalue weighted by molar-refractivity contribution is 7.15. The molecule has 0 saturated heterocycles. The van der Waals surface area contributed by atoms with Crippen LogP contribution in [-0.2, 0) is 11.2 Å². The molecule has 1 amide bonds. The van der Waals surface area contributed by atoms with Crippen LogP contribution in [0.25, 0.3) is 27.7 Å². The summed E-state index contributed by atoms with van der Waals surface area (Å²) in [6, 6.07) is 15.4. The summed E-state index contributed by atoms with van der Waals surface area (Å²) >= 11 is 1.53. The molecule has 1 N–H and O–H groups in total. The van der Waals surface area contributed by atoms with E-state index in [9.17, 15) is 4.79 Å². The number of nitrogens with zero attached hydrogens (tertiary/aromatic N) is 4. The molecule has 0 aliphatic rings. The first-order chi connectivity index (χ1) is 16.2. The molecule has 0 radical (unpaired) electrons. The maximum atomic E-state index is 12.4. The van der Waals surface area contributed by atoms with Crippen LogP contribution in [0.5, 0.6) is 5.88 Å². The van der Waals surface area contributed by atoms with Gasteiger partial charge in [-0.25, -0.2) is 4.98 Å². The molecule has 0 aliphatic carbocycles. The van der Waals surface area contributed by atoms with Crippen molar-refractivity contribution < 1.29 is 13.9 Å². The first kappa shape index (κ1) is 20.9. The van der Waals surface area contributed by atoms with Gasteiger partial charge in [0.1, 0.15) is 12.3 Å². The number of carbonyl (C=O) groups is 1. The number of imidazole rings is 1. The fourth-order valence-corrected chi connectivity index (χ4v) is 4.22. The van der Waals surface area contributed by atoms with Crippen LogP contribution in [0.1, 0.15) is 11.3 Å². The molecule has 8 nitrogen and oxygen atoms in total. The molecule has 1 aromatic carbocycles. The minimum Gasteiger partial charge on any atom is -0.475 e. The molecule has 0 fully saturated rings. The van der Waals surface area contributed by atoms with Crippen LogP contribution in [0.15, 0.2) is 70.8 Å². The molecule has 0 atom stereocenters. The van der Waals surface area contributed by atoms with Crippen molar-refractivity contribution in [2.45, 2.75) is 13.3 Å². The number of benzene rings is 1. The lowest BCUT2D eigenvalue weighted by molar-refractivity contribution is -0.120. The molecule has 5 aromatic rings. The number of thiazole rings is 1. The average Bonchev–Trinajstić information content (AvgIpc) is 3.57. The van der Waals surface area contributed by atoms with Crippen molar-refractivity contribution in [3.8, 4) is 28.6 Å². The summed E-state index contributed by atoms with van der Waals surface area (Å²) in [5, 5.41) is 12.9. The third-order valence-corrected chi connectivity index (χ3v) is 5.95. The second-order valence-electron chi connectivity index (χ2n) is 7.48. The van der Waals surface area contributed by atoms with Crippen LogP contribution in [-0.4, -0.2) is 38.6 Å². The standard InChI is InChI=1S/C24H21N5O3S/c1-16-4-6-17(7-5-16)20-14-29-18(15-33-24(29)26-20)13-22(30)25-10-12-32-23-9-8-19(27-28-23)21-3-2-11-31-21/h2-9,11,14-15H,10,12-13H2,1H3,(H,25,30). The topological polar surface area (TPSA) is 94.5 Å². The lowest BCUT2D eigenvalue weighted by Crippen LogP contribution is -2.29.